The first kappa shape index (κ1) is 16.3. The van der Waals surface area contributed by atoms with Crippen molar-refractivity contribution in [2.75, 3.05) is 6.61 Å². The van der Waals surface area contributed by atoms with Crippen molar-refractivity contribution in [1.82, 2.24) is 0 Å². The first-order valence-electron chi connectivity index (χ1n) is 7.79. The molecule has 24 heavy (non-hydrogen) atoms. The van der Waals surface area contributed by atoms with Crippen LogP contribution in [0.1, 0.15) is 6.42 Å². The minimum absolute atomic E-state index is 0.213. The zero-order valence-electron chi connectivity index (χ0n) is 13.1. The molecule has 0 spiro atoms. The second kappa shape index (κ2) is 7.80. The van der Waals surface area contributed by atoms with Crippen molar-refractivity contribution < 1.29 is 9.53 Å². The van der Waals surface area contributed by atoms with Gasteiger partial charge in [-0.1, -0.05) is 66.7 Å². The quantitative estimate of drug-likeness (QED) is 0.551. The van der Waals surface area contributed by atoms with Gasteiger partial charge in [-0.3, -0.25) is 4.79 Å². The SMILES string of the molecule is O=C(Cl)CCOc1ccc(-c2ccc(-c3ccccc3)cc2)cc1. The number of halogens is 1. The molecule has 0 amide bonds. The van der Waals surface area contributed by atoms with Gasteiger partial charge in [-0.05, 0) is 46.0 Å². The van der Waals surface area contributed by atoms with Crippen molar-refractivity contribution in [3.63, 3.8) is 0 Å². The van der Waals surface area contributed by atoms with Crippen LogP contribution in [0.3, 0.4) is 0 Å². The molecule has 0 unspecified atom stereocenters. The van der Waals surface area contributed by atoms with E-state index in [0.717, 1.165) is 16.9 Å². The van der Waals surface area contributed by atoms with Gasteiger partial charge in [0.2, 0.25) is 5.24 Å². The maximum Gasteiger partial charge on any atom is 0.225 e. The summed E-state index contributed by atoms with van der Waals surface area (Å²) < 4.78 is 5.48. The van der Waals surface area contributed by atoms with E-state index in [0.29, 0.717) is 6.61 Å². The molecule has 0 aliphatic rings. The van der Waals surface area contributed by atoms with Crippen molar-refractivity contribution in [2.45, 2.75) is 6.42 Å². The molecule has 0 fully saturated rings. The molecule has 3 rings (SSSR count). The predicted octanol–water partition coefficient (Wildman–Crippen LogP) is 5.55. The lowest BCUT2D eigenvalue weighted by Gasteiger charge is -2.07. The minimum atomic E-state index is -0.384. The van der Waals surface area contributed by atoms with E-state index in [1.807, 2.05) is 42.5 Å². The minimum Gasteiger partial charge on any atom is -0.493 e. The van der Waals surface area contributed by atoms with E-state index in [2.05, 4.69) is 36.4 Å². The van der Waals surface area contributed by atoms with Gasteiger partial charge in [-0.15, -0.1) is 0 Å². The van der Waals surface area contributed by atoms with E-state index in [1.54, 1.807) is 0 Å². The Kier molecular flexibility index (Phi) is 5.29. The molecular weight excluding hydrogens is 320 g/mol. The van der Waals surface area contributed by atoms with Crippen LogP contribution >= 0.6 is 11.6 Å². The molecule has 0 saturated carbocycles. The van der Waals surface area contributed by atoms with Crippen LogP contribution in [0.4, 0.5) is 0 Å². The lowest BCUT2D eigenvalue weighted by Crippen LogP contribution is -2.00. The van der Waals surface area contributed by atoms with Gasteiger partial charge in [0, 0.05) is 0 Å². The smallest absolute Gasteiger partial charge is 0.225 e. The lowest BCUT2D eigenvalue weighted by molar-refractivity contribution is -0.112. The monoisotopic (exact) mass is 336 g/mol. The molecule has 3 aromatic rings. The Hall–Kier alpha value is -2.58. The second-order valence-electron chi connectivity index (χ2n) is 5.42. The summed E-state index contributed by atoms with van der Waals surface area (Å²) in [6, 6.07) is 26.6. The van der Waals surface area contributed by atoms with E-state index in [4.69, 9.17) is 16.3 Å². The van der Waals surface area contributed by atoms with Crippen LogP contribution in [0, 0.1) is 0 Å². The Labute approximate surface area is 146 Å². The maximum absolute atomic E-state index is 10.7. The molecule has 0 saturated heterocycles. The van der Waals surface area contributed by atoms with Crippen LogP contribution in [-0.4, -0.2) is 11.8 Å². The molecule has 2 nitrogen and oxygen atoms in total. The highest BCUT2D eigenvalue weighted by Crippen LogP contribution is 2.26. The van der Waals surface area contributed by atoms with Gasteiger partial charge in [0.25, 0.3) is 0 Å². The van der Waals surface area contributed by atoms with Crippen molar-refractivity contribution in [2.24, 2.45) is 0 Å². The molecule has 3 aromatic carbocycles. The first-order chi connectivity index (χ1) is 11.7. The van der Waals surface area contributed by atoms with Gasteiger partial charge in [-0.2, -0.15) is 0 Å². The lowest BCUT2D eigenvalue weighted by atomic mass is 10.0. The van der Waals surface area contributed by atoms with Gasteiger partial charge in [0.1, 0.15) is 5.75 Å². The second-order valence-corrected chi connectivity index (χ2v) is 5.84. The van der Waals surface area contributed by atoms with E-state index in [1.165, 1.54) is 11.1 Å². The summed E-state index contributed by atoms with van der Waals surface area (Å²) in [5.41, 5.74) is 4.68. The zero-order chi connectivity index (χ0) is 16.8. The molecule has 0 aliphatic carbocycles. The van der Waals surface area contributed by atoms with Crippen LogP contribution in [0.25, 0.3) is 22.3 Å². The van der Waals surface area contributed by atoms with E-state index in [9.17, 15) is 4.79 Å². The molecular formula is C21H17ClO2. The first-order valence-corrected chi connectivity index (χ1v) is 8.17. The highest BCUT2D eigenvalue weighted by atomic mass is 35.5. The fourth-order valence-corrected chi connectivity index (χ4v) is 2.56. The standard InChI is InChI=1S/C21H17ClO2/c22-21(23)14-15-24-20-12-10-19(11-13-20)18-8-6-17(7-9-18)16-4-2-1-3-5-16/h1-13H,14-15H2. The third-order valence-electron chi connectivity index (χ3n) is 3.75. The summed E-state index contributed by atoms with van der Waals surface area (Å²) in [5.74, 6) is 0.734. The number of hydrogen-bond donors (Lipinski definition) is 0. The predicted molar refractivity (Wildman–Crippen MR) is 98.3 cm³/mol. The Morgan fingerprint density at radius 1 is 0.708 bits per heavy atom. The molecule has 0 aromatic heterocycles. The Bertz CT molecular complexity index is 794. The van der Waals surface area contributed by atoms with Crippen LogP contribution in [0.15, 0.2) is 78.9 Å². The normalized spacial score (nSPS) is 10.4. The number of ether oxygens (including phenoxy) is 1. The molecule has 0 heterocycles. The van der Waals surface area contributed by atoms with Crippen molar-refractivity contribution in [3.8, 4) is 28.0 Å². The van der Waals surface area contributed by atoms with Crippen molar-refractivity contribution >= 4 is 16.8 Å². The third-order valence-corrected chi connectivity index (χ3v) is 3.94. The van der Waals surface area contributed by atoms with Gasteiger partial charge in [0.15, 0.2) is 0 Å². The largest absolute Gasteiger partial charge is 0.493 e. The highest BCUT2D eigenvalue weighted by Gasteiger charge is 2.02. The number of rotatable bonds is 6. The Morgan fingerprint density at radius 3 is 1.67 bits per heavy atom. The number of hydrogen-bond acceptors (Lipinski definition) is 2. The molecule has 0 atom stereocenters. The van der Waals surface area contributed by atoms with Crippen LogP contribution < -0.4 is 4.74 Å². The van der Waals surface area contributed by atoms with Gasteiger partial charge >= 0.3 is 0 Å². The number of carbonyl (C=O) groups is 1. The van der Waals surface area contributed by atoms with Crippen LogP contribution in [0.2, 0.25) is 0 Å². The number of benzene rings is 3. The van der Waals surface area contributed by atoms with Crippen LogP contribution in [-0.2, 0) is 4.79 Å². The molecule has 0 N–H and O–H groups in total. The van der Waals surface area contributed by atoms with Crippen molar-refractivity contribution in [1.29, 1.82) is 0 Å². The van der Waals surface area contributed by atoms with Gasteiger partial charge < -0.3 is 4.74 Å². The van der Waals surface area contributed by atoms with E-state index < -0.39 is 0 Å². The topological polar surface area (TPSA) is 26.3 Å². The maximum atomic E-state index is 10.7. The summed E-state index contributed by atoms with van der Waals surface area (Å²) in [6.07, 6.45) is 0.213. The number of carbonyl (C=O) groups excluding carboxylic acids is 1. The summed E-state index contributed by atoms with van der Waals surface area (Å²) in [7, 11) is 0. The fraction of sp³-hybridized carbons (Fsp3) is 0.0952. The summed E-state index contributed by atoms with van der Waals surface area (Å²) >= 11 is 5.29. The molecule has 0 bridgehead atoms. The average molecular weight is 337 g/mol. The van der Waals surface area contributed by atoms with Crippen LogP contribution in [0.5, 0.6) is 5.75 Å². The fourth-order valence-electron chi connectivity index (χ4n) is 2.48. The molecule has 0 aliphatic heterocycles. The highest BCUT2D eigenvalue weighted by molar-refractivity contribution is 6.63. The Balaban J connectivity index is 1.69. The van der Waals surface area contributed by atoms with E-state index in [-0.39, 0.29) is 11.7 Å². The van der Waals surface area contributed by atoms with Gasteiger partial charge in [-0.25, -0.2) is 0 Å². The Morgan fingerprint density at radius 2 is 1.17 bits per heavy atom. The molecule has 120 valence electrons. The third kappa shape index (κ3) is 4.24. The average Bonchev–Trinajstić information content (AvgIpc) is 2.63. The van der Waals surface area contributed by atoms with Crippen molar-refractivity contribution in [3.05, 3.63) is 78.9 Å². The summed E-state index contributed by atoms with van der Waals surface area (Å²) in [4.78, 5) is 10.7. The summed E-state index contributed by atoms with van der Waals surface area (Å²) in [6.45, 7) is 0.299. The zero-order valence-corrected chi connectivity index (χ0v) is 13.9. The van der Waals surface area contributed by atoms with E-state index >= 15 is 0 Å². The van der Waals surface area contributed by atoms with Gasteiger partial charge in [0.05, 0.1) is 13.0 Å². The molecule has 0 radical (unpaired) electrons. The summed E-state index contributed by atoms with van der Waals surface area (Å²) in [5, 5.41) is -0.384. The molecule has 3 heteroatoms.